The molecule has 0 spiro atoms. The van der Waals surface area contributed by atoms with Crippen LogP contribution in [0.2, 0.25) is 0 Å². The molecule has 3 aromatic rings. The van der Waals surface area contributed by atoms with E-state index < -0.39 is 5.97 Å². The van der Waals surface area contributed by atoms with Crippen molar-refractivity contribution in [1.82, 2.24) is 4.57 Å². The summed E-state index contributed by atoms with van der Waals surface area (Å²) in [6.07, 6.45) is 1.55. The molecule has 2 aromatic carbocycles. The van der Waals surface area contributed by atoms with Crippen molar-refractivity contribution >= 4 is 28.3 Å². The maximum atomic E-state index is 12.9. The van der Waals surface area contributed by atoms with E-state index in [1.54, 1.807) is 37.4 Å². The molecule has 0 fully saturated rings. The second kappa shape index (κ2) is 9.26. The van der Waals surface area contributed by atoms with Crippen LogP contribution in [0.15, 0.2) is 53.5 Å². The van der Waals surface area contributed by atoms with Gasteiger partial charge in [-0.15, -0.1) is 0 Å². The molecule has 7 nitrogen and oxygen atoms in total. The third-order valence-electron chi connectivity index (χ3n) is 4.60. The third kappa shape index (κ3) is 4.86. The highest BCUT2D eigenvalue weighted by Gasteiger charge is 2.12. The molecule has 0 bridgehead atoms. The quantitative estimate of drug-likeness (QED) is 0.607. The number of esters is 1. The first-order chi connectivity index (χ1) is 14.4. The third-order valence-corrected chi connectivity index (χ3v) is 4.60. The van der Waals surface area contributed by atoms with Gasteiger partial charge in [-0.25, -0.2) is 4.79 Å². The first-order valence-electron chi connectivity index (χ1n) is 9.66. The van der Waals surface area contributed by atoms with Crippen LogP contribution in [0.3, 0.4) is 0 Å². The lowest BCUT2D eigenvalue weighted by Crippen LogP contribution is -2.27. The Labute approximate surface area is 174 Å². The van der Waals surface area contributed by atoms with Crippen LogP contribution in [0.1, 0.15) is 18.1 Å². The topological polar surface area (TPSA) is 86.6 Å². The number of nitrogens with one attached hydrogen (secondary N) is 1. The molecule has 30 heavy (non-hydrogen) atoms. The van der Waals surface area contributed by atoms with Gasteiger partial charge in [-0.05, 0) is 50.6 Å². The SMILES string of the molecule is CCOC(=O)COc1cccc2c(=O)n(CC(=O)Nc3ccc(C)cc3C)ccc12. The Kier molecular flexibility index (Phi) is 6.51. The number of ether oxygens (including phenoxy) is 2. The molecule has 156 valence electrons. The Morgan fingerprint density at radius 2 is 1.87 bits per heavy atom. The van der Waals surface area contributed by atoms with Crippen molar-refractivity contribution in [2.45, 2.75) is 27.3 Å². The lowest BCUT2D eigenvalue weighted by Gasteiger charge is -2.12. The van der Waals surface area contributed by atoms with Crippen LogP contribution in [0.5, 0.6) is 5.75 Å². The van der Waals surface area contributed by atoms with Crippen LogP contribution < -0.4 is 15.6 Å². The Morgan fingerprint density at radius 3 is 2.60 bits per heavy atom. The summed E-state index contributed by atoms with van der Waals surface area (Å²) < 4.78 is 11.7. The molecule has 1 aromatic heterocycles. The van der Waals surface area contributed by atoms with E-state index in [0.717, 1.165) is 11.1 Å². The highest BCUT2D eigenvalue weighted by atomic mass is 16.6. The second-order valence-electron chi connectivity index (χ2n) is 6.93. The minimum Gasteiger partial charge on any atom is -0.481 e. The van der Waals surface area contributed by atoms with E-state index in [9.17, 15) is 14.4 Å². The molecule has 3 rings (SSSR count). The number of nitrogens with zero attached hydrogens (tertiary/aromatic N) is 1. The van der Waals surface area contributed by atoms with Gasteiger partial charge in [0.1, 0.15) is 12.3 Å². The van der Waals surface area contributed by atoms with Crippen molar-refractivity contribution in [1.29, 1.82) is 0 Å². The molecule has 1 N–H and O–H groups in total. The molecule has 0 aliphatic carbocycles. The van der Waals surface area contributed by atoms with Gasteiger partial charge < -0.3 is 19.4 Å². The van der Waals surface area contributed by atoms with E-state index in [1.165, 1.54) is 4.57 Å². The predicted molar refractivity (Wildman–Crippen MR) is 115 cm³/mol. The normalized spacial score (nSPS) is 10.6. The first-order valence-corrected chi connectivity index (χ1v) is 9.66. The lowest BCUT2D eigenvalue weighted by molar-refractivity contribution is -0.145. The molecule has 7 heteroatoms. The maximum Gasteiger partial charge on any atom is 0.344 e. The predicted octanol–water partition coefficient (Wildman–Crippen LogP) is 3.20. The van der Waals surface area contributed by atoms with E-state index >= 15 is 0 Å². The number of carbonyl (C=O) groups is 2. The van der Waals surface area contributed by atoms with Crippen LogP contribution in [0.4, 0.5) is 5.69 Å². The summed E-state index contributed by atoms with van der Waals surface area (Å²) in [5.74, 6) is -0.367. The van der Waals surface area contributed by atoms with Gasteiger partial charge in [0.2, 0.25) is 5.91 Å². The number of amides is 1. The van der Waals surface area contributed by atoms with Gasteiger partial charge in [0.25, 0.3) is 5.56 Å². The molecule has 0 unspecified atom stereocenters. The fourth-order valence-electron chi connectivity index (χ4n) is 3.18. The first kappa shape index (κ1) is 21.1. The number of carbonyl (C=O) groups excluding carboxylic acids is 2. The van der Waals surface area contributed by atoms with E-state index in [2.05, 4.69) is 5.32 Å². The van der Waals surface area contributed by atoms with Crippen molar-refractivity contribution < 1.29 is 19.1 Å². The van der Waals surface area contributed by atoms with Crippen LogP contribution in [0.25, 0.3) is 10.8 Å². The van der Waals surface area contributed by atoms with Gasteiger partial charge in [-0.3, -0.25) is 9.59 Å². The van der Waals surface area contributed by atoms with Gasteiger partial charge in [-0.1, -0.05) is 23.8 Å². The smallest absolute Gasteiger partial charge is 0.344 e. The summed E-state index contributed by atoms with van der Waals surface area (Å²) in [5.41, 5.74) is 2.47. The standard InChI is InChI=1S/C23H24N2O5/c1-4-29-22(27)14-30-20-7-5-6-18-17(20)10-11-25(23(18)28)13-21(26)24-19-9-8-15(2)12-16(19)3/h5-12H,4,13-14H2,1-3H3,(H,24,26). The summed E-state index contributed by atoms with van der Waals surface area (Å²) >= 11 is 0. The monoisotopic (exact) mass is 408 g/mol. The number of benzene rings is 2. The molecule has 0 aliphatic rings. The van der Waals surface area contributed by atoms with Crippen LogP contribution in [-0.4, -0.2) is 29.7 Å². The molecule has 0 radical (unpaired) electrons. The number of aromatic nitrogens is 1. The average molecular weight is 408 g/mol. The minimum absolute atomic E-state index is 0.115. The van der Waals surface area contributed by atoms with Crippen molar-refractivity contribution in [2.24, 2.45) is 0 Å². The Balaban J connectivity index is 1.79. The maximum absolute atomic E-state index is 12.9. The van der Waals surface area contributed by atoms with Gasteiger partial charge >= 0.3 is 5.97 Å². The Bertz CT molecular complexity index is 1150. The van der Waals surface area contributed by atoms with Crippen molar-refractivity contribution in [3.8, 4) is 5.75 Å². The molecule has 0 atom stereocenters. The number of rotatable bonds is 7. The summed E-state index contributed by atoms with van der Waals surface area (Å²) in [5, 5.41) is 3.81. The van der Waals surface area contributed by atoms with E-state index in [-0.39, 0.29) is 31.2 Å². The van der Waals surface area contributed by atoms with E-state index in [0.29, 0.717) is 22.2 Å². The second-order valence-corrected chi connectivity index (χ2v) is 6.93. The Hall–Kier alpha value is -3.61. The Morgan fingerprint density at radius 1 is 1.07 bits per heavy atom. The van der Waals surface area contributed by atoms with Gasteiger partial charge in [-0.2, -0.15) is 0 Å². The molecule has 0 saturated carbocycles. The fourth-order valence-corrected chi connectivity index (χ4v) is 3.18. The summed E-state index contributed by atoms with van der Waals surface area (Å²) in [6.45, 7) is 5.53. The summed E-state index contributed by atoms with van der Waals surface area (Å²) in [6, 6.07) is 12.5. The zero-order chi connectivity index (χ0) is 21.7. The zero-order valence-electron chi connectivity index (χ0n) is 17.2. The highest BCUT2D eigenvalue weighted by Crippen LogP contribution is 2.23. The number of anilines is 1. The van der Waals surface area contributed by atoms with Crippen molar-refractivity contribution in [2.75, 3.05) is 18.5 Å². The number of hydrogen-bond donors (Lipinski definition) is 1. The zero-order valence-corrected chi connectivity index (χ0v) is 17.2. The highest BCUT2D eigenvalue weighted by molar-refractivity contribution is 5.92. The fraction of sp³-hybridized carbons (Fsp3) is 0.261. The van der Waals surface area contributed by atoms with Gasteiger partial charge in [0, 0.05) is 17.3 Å². The van der Waals surface area contributed by atoms with Gasteiger partial charge in [0.05, 0.1) is 12.0 Å². The summed E-state index contributed by atoms with van der Waals surface area (Å²) in [7, 11) is 0. The molecule has 1 heterocycles. The largest absolute Gasteiger partial charge is 0.481 e. The number of pyridine rings is 1. The van der Waals surface area contributed by atoms with Crippen LogP contribution in [0, 0.1) is 13.8 Å². The van der Waals surface area contributed by atoms with Crippen molar-refractivity contribution in [3.63, 3.8) is 0 Å². The molecule has 0 aliphatic heterocycles. The number of hydrogen-bond acceptors (Lipinski definition) is 5. The summed E-state index contributed by atoms with van der Waals surface area (Å²) in [4.78, 5) is 36.9. The van der Waals surface area contributed by atoms with Crippen LogP contribution >= 0.6 is 0 Å². The lowest BCUT2D eigenvalue weighted by atomic mass is 10.1. The number of aryl methyl sites for hydroxylation is 2. The number of fused-ring (bicyclic) bond motifs is 1. The molecule has 1 amide bonds. The average Bonchev–Trinajstić information content (AvgIpc) is 2.71. The van der Waals surface area contributed by atoms with Crippen molar-refractivity contribution in [3.05, 3.63) is 70.1 Å². The molecular weight excluding hydrogens is 384 g/mol. The van der Waals surface area contributed by atoms with Crippen LogP contribution in [-0.2, 0) is 20.9 Å². The minimum atomic E-state index is -0.481. The molecular formula is C23H24N2O5. The van der Waals surface area contributed by atoms with E-state index in [1.807, 2.05) is 32.0 Å². The van der Waals surface area contributed by atoms with E-state index in [4.69, 9.17) is 9.47 Å². The molecule has 0 saturated heterocycles. The van der Waals surface area contributed by atoms with Gasteiger partial charge in [0.15, 0.2) is 6.61 Å².